The van der Waals surface area contributed by atoms with Crippen LogP contribution in [0, 0.1) is 11.3 Å². The Morgan fingerprint density at radius 1 is 1.43 bits per heavy atom. The van der Waals surface area contributed by atoms with E-state index < -0.39 is 11.4 Å². The van der Waals surface area contributed by atoms with Gasteiger partial charge in [0.15, 0.2) is 0 Å². The number of rotatable bonds is 4. The summed E-state index contributed by atoms with van der Waals surface area (Å²) >= 11 is 0. The van der Waals surface area contributed by atoms with Crippen LogP contribution in [0.5, 0.6) is 0 Å². The number of carboxylic acids is 1. The molecule has 0 heterocycles. The molecule has 0 amide bonds. The van der Waals surface area contributed by atoms with Crippen molar-refractivity contribution in [2.75, 3.05) is 7.05 Å². The Morgan fingerprint density at radius 3 is 2.36 bits per heavy atom. The summed E-state index contributed by atoms with van der Waals surface area (Å²) in [7, 11) is 1.91. The highest BCUT2D eigenvalue weighted by Crippen LogP contribution is 2.53. The van der Waals surface area contributed by atoms with Crippen molar-refractivity contribution < 1.29 is 9.90 Å². The van der Waals surface area contributed by atoms with Gasteiger partial charge in [0.05, 0.1) is 5.41 Å². The minimum Gasteiger partial charge on any atom is -0.481 e. The molecule has 14 heavy (non-hydrogen) atoms. The summed E-state index contributed by atoms with van der Waals surface area (Å²) < 4.78 is 0. The molecule has 0 aromatic carbocycles. The van der Waals surface area contributed by atoms with Gasteiger partial charge in [-0.15, -0.1) is 0 Å². The van der Waals surface area contributed by atoms with Crippen molar-refractivity contribution in [1.82, 2.24) is 5.32 Å². The van der Waals surface area contributed by atoms with Gasteiger partial charge in [-0.3, -0.25) is 4.79 Å². The lowest BCUT2D eigenvalue weighted by atomic mass is 9.84. The van der Waals surface area contributed by atoms with Crippen LogP contribution in [0.3, 0.4) is 0 Å². The Labute approximate surface area is 84.9 Å². The molecule has 2 fully saturated rings. The van der Waals surface area contributed by atoms with E-state index in [1.165, 1.54) is 25.7 Å². The summed E-state index contributed by atoms with van der Waals surface area (Å²) in [5.41, 5.74) is -0.413. The third kappa shape index (κ3) is 1.44. The summed E-state index contributed by atoms with van der Waals surface area (Å²) in [6.45, 7) is 0. The third-order valence-corrected chi connectivity index (χ3v) is 3.99. The maximum absolute atomic E-state index is 11.2. The molecule has 3 heteroatoms. The predicted molar refractivity (Wildman–Crippen MR) is 54.1 cm³/mol. The van der Waals surface area contributed by atoms with Crippen molar-refractivity contribution in [3.63, 3.8) is 0 Å². The highest BCUT2D eigenvalue weighted by atomic mass is 16.4. The zero-order chi connectivity index (χ0) is 10.2. The molecule has 2 aliphatic carbocycles. The van der Waals surface area contributed by atoms with Gasteiger partial charge in [0.2, 0.25) is 0 Å². The molecule has 3 nitrogen and oxygen atoms in total. The Hall–Kier alpha value is -0.570. The summed E-state index contributed by atoms with van der Waals surface area (Å²) in [5.74, 6) is 0.00218. The normalized spacial score (nSPS) is 27.5. The first-order valence-electron chi connectivity index (χ1n) is 5.61. The van der Waals surface area contributed by atoms with Crippen molar-refractivity contribution >= 4 is 5.97 Å². The van der Waals surface area contributed by atoms with E-state index in [0.717, 1.165) is 12.8 Å². The second-order valence-corrected chi connectivity index (χ2v) is 4.77. The summed E-state index contributed by atoms with van der Waals surface area (Å²) in [6, 6.07) is 0.211. The van der Waals surface area contributed by atoms with Gasteiger partial charge in [-0.1, -0.05) is 12.8 Å². The molecule has 2 saturated carbocycles. The molecule has 2 aliphatic rings. The minimum absolute atomic E-state index is 0.211. The highest BCUT2D eigenvalue weighted by molar-refractivity contribution is 5.79. The molecular weight excluding hydrogens is 178 g/mol. The highest BCUT2D eigenvalue weighted by Gasteiger charge is 2.57. The third-order valence-electron chi connectivity index (χ3n) is 3.99. The fourth-order valence-electron chi connectivity index (χ4n) is 3.05. The van der Waals surface area contributed by atoms with Gasteiger partial charge >= 0.3 is 5.97 Å². The van der Waals surface area contributed by atoms with Crippen molar-refractivity contribution in [3.05, 3.63) is 0 Å². The number of carboxylic acid groups (broad SMARTS) is 1. The molecular formula is C11H19NO2. The predicted octanol–water partition coefficient (Wildman–Crippen LogP) is 1.63. The summed E-state index contributed by atoms with van der Waals surface area (Å²) in [5, 5.41) is 12.5. The standard InChI is InChI=1S/C11H19NO2/c1-12-9(8-4-2-3-5-8)11(6-7-11)10(13)14/h8-9,12H,2-7H2,1H3,(H,13,14). The summed E-state index contributed by atoms with van der Waals surface area (Å²) in [6.07, 6.45) is 6.70. The van der Waals surface area contributed by atoms with Gasteiger partial charge in [0, 0.05) is 6.04 Å². The molecule has 0 bridgehead atoms. The number of aliphatic carboxylic acids is 1. The fraction of sp³-hybridized carbons (Fsp3) is 0.909. The molecule has 2 rings (SSSR count). The van der Waals surface area contributed by atoms with Gasteiger partial charge in [-0.25, -0.2) is 0 Å². The van der Waals surface area contributed by atoms with Crippen molar-refractivity contribution in [2.45, 2.75) is 44.6 Å². The monoisotopic (exact) mass is 197 g/mol. The second-order valence-electron chi connectivity index (χ2n) is 4.77. The van der Waals surface area contributed by atoms with Crippen LogP contribution in [0.15, 0.2) is 0 Å². The van der Waals surface area contributed by atoms with E-state index in [-0.39, 0.29) is 6.04 Å². The number of nitrogens with one attached hydrogen (secondary N) is 1. The van der Waals surface area contributed by atoms with Crippen molar-refractivity contribution in [3.8, 4) is 0 Å². The number of hydrogen-bond donors (Lipinski definition) is 2. The van der Waals surface area contributed by atoms with Crippen LogP contribution in [0.4, 0.5) is 0 Å². The lowest BCUT2D eigenvalue weighted by molar-refractivity contribution is -0.145. The molecule has 0 spiro atoms. The van der Waals surface area contributed by atoms with E-state index >= 15 is 0 Å². The zero-order valence-corrected chi connectivity index (χ0v) is 8.75. The lowest BCUT2D eigenvalue weighted by Crippen LogP contribution is -2.44. The molecule has 0 aromatic heterocycles. The first-order chi connectivity index (χ1) is 6.70. The largest absolute Gasteiger partial charge is 0.481 e. The first kappa shape index (κ1) is 9.97. The molecule has 0 aromatic rings. The Bertz CT molecular complexity index is 229. The van der Waals surface area contributed by atoms with Crippen LogP contribution >= 0.6 is 0 Å². The molecule has 2 N–H and O–H groups in total. The van der Waals surface area contributed by atoms with E-state index in [2.05, 4.69) is 5.32 Å². The van der Waals surface area contributed by atoms with E-state index in [1.54, 1.807) is 0 Å². The van der Waals surface area contributed by atoms with Gasteiger partial charge in [0.25, 0.3) is 0 Å². The van der Waals surface area contributed by atoms with Gasteiger partial charge in [0.1, 0.15) is 0 Å². The molecule has 0 saturated heterocycles. The maximum atomic E-state index is 11.2. The van der Waals surface area contributed by atoms with Crippen LogP contribution in [0.1, 0.15) is 38.5 Å². The Balaban J connectivity index is 2.08. The van der Waals surface area contributed by atoms with E-state index in [4.69, 9.17) is 0 Å². The van der Waals surface area contributed by atoms with E-state index in [0.29, 0.717) is 5.92 Å². The maximum Gasteiger partial charge on any atom is 0.311 e. The quantitative estimate of drug-likeness (QED) is 0.720. The summed E-state index contributed by atoms with van der Waals surface area (Å²) in [4.78, 5) is 11.2. The SMILES string of the molecule is CNC(C1CCCC1)C1(C(=O)O)CC1. The van der Waals surface area contributed by atoms with Crippen LogP contribution in [0.2, 0.25) is 0 Å². The average molecular weight is 197 g/mol. The van der Waals surface area contributed by atoms with Gasteiger partial charge < -0.3 is 10.4 Å². The molecule has 80 valence electrons. The van der Waals surface area contributed by atoms with E-state index in [9.17, 15) is 9.90 Å². The van der Waals surface area contributed by atoms with Crippen LogP contribution in [-0.4, -0.2) is 24.2 Å². The zero-order valence-electron chi connectivity index (χ0n) is 8.75. The van der Waals surface area contributed by atoms with Crippen LogP contribution in [0.25, 0.3) is 0 Å². The van der Waals surface area contributed by atoms with Crippen LogP contribution < -0.4 is 5.32 Å². The lowest BCUT2D eigenvalue weighted by Gasteiger charge is -2.28. The topological polar surface area (TPSA) is 49.3 Å². The van der Waals surface area contributed by atoms with Crippen LogP contribution in [-0.2, 0) is 4.79 Å². The molecule has 0 aliphatic heterocycles. The number of hydrogen-bond acceptors (Lipinski definition) is 2. The first-order valence-corrected chi connectivity index (χ1v) is 5.61. The Morgan fingerprint density at radius 2 is 2.00 bits per heavy atom. The molecule has 1 atom stereocenters. The minimum atomic E-state index is -0.594. The van der Waals surface area contributed by atoms with Gasteiger partial charge in [-0.05, 0) is 38.6 Å². The Kier molecular flexibility index (Phi) is 2.52. The molecule has 1 unspecified atom stereocenters. The van der Waals surface area contributed by atoms with Crippen molar-refractivity contribution in [2.24, 2.45) is 11.3 Å². The fourth-order valence-corrected chi connectivity index (χ4v) is 3.05. The van der Waals surface area contributed by atoms with Crippen molar-refractivity contribution in [1.29, 1.82) is 0 Å². The second kappa shape index (κ2) is 3.54. The smallest absolute Gasteiger partial charge is 0.311 e. The van der Waals surface area contributed by atoms with E-state index in [1.807, 2.05) is 7.05 Å². The molecule has 0 radical (unpaired) electrons. The number of carbonyl (C=O) groups is 1. The average Bonchev–Trinajstić information content (AvgIpc) is 2.77. The van der Waals surface area contributed by atoms with Gasteiger partial charge in [-0.2, -0.15) is 0 Å².